The lowest BCUT2D eigenvalue weighted by atomic mass is 10.0. The molecule has 0 amide bonds. The van der Waals surface area contributed by atoms with Crippen molar-refractivity contribution in [1.29, 1.82) is 0 Å². The Kier molecular flexibility index (Phi) is 11.5. The van der Waals surface area contributed by atoms with E-state index in [1.54, 1.807) is 0 Å². The van der Waals surface area contributed by atoms with Crippen molar-refractivity contribution in [3.63, 3.8) is 0 Å². The van der Waals surface area contributed by atoms with Gasteiger partial charge in [-0.1, -0.05) is 124 Å². The van der Waals surface area contributed by atoms with Crippen LogP contribution < -0.4 is 0 Å². The third kappa shape index (κ3) is 9.80. The van der Waals surface area contributed by atoms with Crippen LogP contribution in [0.1, 0.15) is 96.9 Å². The first-order valence-corrected chi connectivity index (χ1v) is 14.8. The Labute approximate surface area is 242 Å². The van der Waals surface area contributed by atoms with Gasteiger partial charge in [-0.25, -0.2) is 0 Å². The minimum atomic E-state index is 1.03. The Morgan fingerprint density at radius 1 is 0.400 bits per heavy atom. The van der Waals surface area contributed by atoms with E-state index in [1.807, 2.05) is 0 Å². The summed E-state index contributed by atoms with van der Waals surface area (Å²) in [4.78, 5) is 0. The summed E-state index contributed by atoms with van der Waals surface area (Å²) in [6.45, 7) is 4.49. The monoisotopic (exact) mass is 520 g/mol. The van der Waals surface area contributed by atoms with E-state index in [-0.39, 0.29) is 0 Å². The van der Waals surface area contributed by atoms with Gasteiger partial charge in [-0.15, -0.1) is 0 Å². The lowest BCUT2D eigenvalue weighted by molar-refractivity contribution is 0.717. The van der Waals surface area contributed by atoms with Gasteiger partial charge in [-0.2, -0.15) is 0 Å². The zero-order valence-electron chi connectivity index (χ0n) is 24.0. The molecule has 0 fully saturated rings. The average Bonchev–Trinajstić information content (AvgIpc) is 3.00. The summed E-state index contributed by atoms with van der Waals surface area (Å²) in [6.07, 6.45) is 14.2. The second-order valence-corrected chi connectivity index (χ2v) is 10.4. The van der Waals surface area contributed by atoms with E-state index >= 15 is 0 Å². The number of hydrogen-bond donors (Lipinski definition) is 0. The van der Waals surface area contributed by atoms with E-state index in [0.717, 1.165) is 46.2 Å². The topological polar surface area (TPSA) is 0 Å². The highest BCUT2D eigenvalue weighted by Gasteiger charge is 1.96. The molecule has 0 aromatic heterocycles. The molecule has 40 heavy (non-hydrogen) atoms. The first-order valence-electron chi connectivity index (χ1n) is 14.8. The molecule has 4 rings (SSSR count). The molecule has 0 aliphatic rings. The predicted molar refractivity (Wildman–Crippen MR) is 173 cm³/mol. The summed E-state index contributed by atoms with van der Waals surface area (Å²) in [5, 5.41) is 0. The zero-order valence-corrected chi connectivity index (χ0v) is 24.0. The molecule has 0 heteroatoms. The van der Waals surface area contributed by atoms with Gasteiger partial charge in [-0.3, -0.25) is 0 Å². The van der Waals surface area contributed by atoms with E-state index in [4.69, 9.17) is 0 Å². The van der Waals surface area contributed by atoms with Crippen LogP contribution >= 0.6 is 0 Å². The molecule has 0 saturated carbocycles. The van der Waals surface area contributed by atoms with Crippen molar-refractivity contribution in [2.45, 2.75) is 65.2 Å². The molecule has 0 bridgehead atoms. The van der Waals surface area contributed by atoms with Crippen molar-refractivity contribution < 1.29 is 0 Å². The summed E-state index contributed by atoms with van der Waals surface area (Å²) < 4.78 is 0. The van der Waals surface area contributed by atoms with E-state index in [9.17, 15) is 0 Å². The quantitative estimate of drug-likeness (QED) is 0.111. The smallest absolute Gasteiger partial charge is 0.0249 e. The summed E-state index contributed by atoms with van der Waals surface area (Å²) >= 11 is 0. The van der Waals surface area contributed by atoms with Crippen LogP contribution in [-0.2, 0) is 12.8 Å². The summed E-state index contributed by atoms with van der Waals surface area (Å²) in [5.74, 6) is 13.2. The maximum absolute atomic E-state index is 3.29. The number of hydrogen-bond acceptors (Lipinski definition) is 0. The van der Waals surface area contributed by atoms with Gasteiger partial charge < -0.3 is 0 Å². The van der Waals surface area contributed by atoms with Gasteiger partial charge in [0.1, 0.15) is 0 Å². The highest BCUT2D eigenvalue weighted by atomic mass is 14.0. The molecule has 4 aromatic rings. The molecule has 4 aromatic carbocycles. The minimum absolute atomic E-state index is 1.03. The van der Waals surface area contributed by atoms with Gasteiger partial charge in [0.15, 0.2) is 0 Å². The zero-order chi connectivity index (χ0) is 27.8. The van der Waals surface area contributed by atoms with Crippen molar-refractivity contribution in [2.24, 2.45) is 0 Å². The Morgan fingerprint density at radius 2 is 0.700 bits per heavy atom. The predicted octanol–water partition coefficient (Wildman–Crippen LogP) is 10.1. The number of benzene rings is 4. The maximum atomic E-state index is 3.29. The molecule has 0 aliphatic heterocycles. The Hall–Kier alpha value is -4.26. The van der Waals surface area contributed by atoms with Crippen molar-refractivity contribution in [3.8, 4) is 23.7 Å². The number of rotatable bonds is 10. The fraction of sp³-hybridized carbons (Fsp3) is 0.250. The molecule has 0 heterocycles. The second kappa shape index (κ2) is 16.0. The molecule has 0 aliphatic carbocycles. The van der Waals surface area contributed by atoms with Gasteiger partial charge in [0, 0.05) is 22.3 Å². The standard InChI is InChI=1S/C40H40/c1-3-5-7-9-33-11-15-35(16-12-33)19-21-37-23-27-39(28-24-37)31-32-40-29-25-38(26-30-40)22-20-36-17-13-34(14-18-36)10-8-6-4-2/h11-18,23-32H,3-10H2,1-2H3/b32-31+. The highest BCUT2D eigenvalue weighted by Crippen LogP contribution is 2.13. The average molecular weight is 521 g/mol. The molecular formula is C40H40. The van der Waals surface area contributed by atoms with Crippen molar-refractivity contribution in [2.75, 3.05) is 0 Å². The lowest BCUT2D eigenvalue weighted by Crippen LogP contribution is -1.85. The molecular weight excluding hydrogens is 480 g/mol. The van der Waals surface area contributed by atoms with Crippen LogP contribution in [0.15, 0.2) is 97.1 Å². The third-order valence-electron chi connectivity index (χ3n) is 7.04. The fourth-order valence-corrected chi connectivity index (χ4v) is 4.50. The molecule has 0 N–H and O–H groups in total. The van der Waals surface area contributed by atoms with Crippen LogP contribution in [-0.4, -0.2) is 0 Å². The SMILES string of the molecule is CCCCCc1ccc(C#Cc2ccc(/C=C/c3ccc(C#Cc4ccc(CCCCC)cc4)cc3)cc2)cc1. The summed E-state index contributed by atoms with van der Waals surface area (Å²) in [6, 6.07) is 34.2. The summed E-state index contributed by atoms with van der Waals surface area (Å²) in [7, 11) is 0. The van der Waals surface area contributed by atoms with Crippen LogP contribution in [0.25, 0.3) is 12.2 Å². The lowest BCUT2D eigenvalue weighted by Gasteiger charge is -2.00. The molecule has 0 nitrogen and oxygen atoms in total. The third-order valence-corrected chi connectivity index (χ3v) is 7.04. The van der Waals surface area contributed by atoms with Crippen LogP contribution in [0.3, 0.4) is 0 Å². The van der Waals surface area contributed by atoms with Gasteiger partial charge in [0.2, 0.25) is 0 Å². The van der Waals surface area contributed by atoms with Crippen LogP contribution in [0.4, 0.5) is 0 Å². The minimum Gasteiger partial charge on any atom is -0.0654 e. The number of unbranched alkanes of at least 4 members (excludes halogenated alkanes) is 4. The molecule has 0 saturated heterocycles. The fourth-order valence-electron chi connectivity index (χ4n) is 4.50. The van der Waals surface area contributed by atoms with Crippen LogP contribution in [0.2, 0.25) is 0 Å². The van der Waals surface area contributed by atoms with E-state index in [0.29, 0.717) is 0 Å². The van der Waals surface area contributed by atoms with Crippen LogP contribution in [0.5, 0.6) is 0 Å². The Morgan fingerprint density at radius 3 is 1.00 bits per heavy atom. The van der Waals surface area contributed by atoms with Crippen LogP contribution in [0, 0.1) is 23.7 Å². The largest absolute Gasteiger partial charge is 0.0654 e. The van der Waals surface area contributed by atoms with Crippen molar-refractivity contribution in [1.82, 2.24) is 0 Å². The normalized spacial score (nSPS) is 10.6. The van der Waals surface area contributed by atoms with Crippen molar-refractivity contribution in [3.05, 3.63) is 142 Å². The van der Waals surface area contributed by atoms with Gasteiger partial charge in [0.25, 0.3) is 0 Å². The molecule has 0 radical (unpaired) electrons. The Balaban J connectivity index is 1.28. The molecule has 0 unspecified atom stereocenters. The Bertz CT molecular complexity index is 1340. The van der Waals surface area contributed by atoms with Crippen molar-refractivity contribution >= 4 is 12.2 Å². The first kappa shape index (κ1) is 28.7. The molecule has 0 spiro atoms. The second-order valence-electron chi connectivity index (χ2n) is 10.4. The molecule has 200 valence electrons. The maximum Gasteiger partial charge on any atom is 0.0249 e. The summed E-state index contributed by atoms with van der Waals surface area (Å²) in [5.41, 5.74) is 9.29. The first-order chi connectivity index (χ1) is 19.7. The van der Waals surface area contributed by atoms with E-state index in [2.05, 4.69) is 147 Å². The van der Waals surface area contributed by atoms with E-state index in [1.165, 1.54) is 49.7 Å². The highest BCUT2D eigenvalue weighted by molar-refractivity contribution is 5.70. The van der Waals surface area contributed by atoms with Gasteiger partial charge >= 0.3 is 0 Å². The van der Waals surface area contributed by atoms with E-state index < -0.39 is 0 Å². The molecule has 0 atom stereocenters. The van der Waals surface area contributed by atoms with Gasteiger partial charge in [0.05, 0.1) is 0 Å². The number of aryl methyl sites for hydroxylation is 2. The van der Waals surface area contributed by atoms with Gasteiger partial charge in [-0.05, 0) is 96.5 Å².